The summed E-state index contributed by atoms with van der Waals surface area (Å²) in [7, 11) is 1.66. The van der Waals surface area contributed by atoms with Crippen molar-refractivity contribution in [1.82, 2.24) is 0 Å². The van der Waals surface area contributed by atoms with E-state index in [2.05, 4.69) is 30.3 Å². The zero-order chi connectivity index (χ0) is 16.1. The maximum absolute atomic E-state index is 6.04. The Labute approximate surface area is 136 Å². The van der Waals surface area contributed by atoms with Gasteiger partial charge in [0.1, 0.15) is 6.61 Å². The van der Waals surface area contributed by atoms with Gasteiger partial charge in [-0.2, -0.15) is 0 Å². The fourth-order valence-corrected chi connectivity index (χ4v) is 2.73. The van der Waals surface area contributed by atoms with Gasteiger partial charge in [-0.25, -0.2) is 0 Å². The lowest BCUT2D eigenvalue weighted by Gasteiger charge is -2.13. The van der Waals surface area contributed by atoms with Gasteiger partial charge < -0.3 is 15.2 Å². The maximum atomic E-state index is 6.04. The van der Waals surface area contributed by atoms with E-state index < -0.39 is 0 Å². The first-order valence-electron chi connectivity index (χ1n) is 7.78. The van der Waals surface area contributed by atoms with Gasteiger partial charge in [-0.15, -0.1) is 0 Å². The number of hydrogen-bond donors (Lipinski definition) is 1. The molecule has 0 saturated carbocycles. The standard InChI is InChI=1S/C20H21NO2/c1-22-19-10-9-15(11-12-21)13-20(19)23-14-17-7-4-6-16-5-2-3-8-18(16)17/h2-10,13H,11-12,14,21H2,1H3. The number of ether oxygens (including phenoxy) is 2. The van der Waals surface area contributed by atoms with Crippen LogP contribution >= 0.6 is 0 Å². The van der Waals surface area contributed by atoms with Crippen molar-refractivity contribution in [3.8, 4) is 11.5 Å². The van der Waals surface area contributed by atoms with Crippen LogP contribution in [0.5, 0.6) is 11.5 Å². The van der Waals surface area contributed by atoms with Crippen LogP contribution in [0.1, 0.15) is 11.1 Å². The summed E-state index contributed by atoms with van der Waals surface area (Å²) in [5, 5.41) is 2.43. The second kappa shape index (κ2) is 7.16. The molecule has 0 heterocycles. The van der Waals surface area contributed by atoms with Crippen LogP contribution in [0.25, 0.3) is 10.8 Å². The average Bonchev–Trinajstić information content (AvgIpc) is 2.60. The summed E-state index contributed by atoms with van der Waals surface area (Å²) in [6.45, 7) is 1.12. The van der Waals surface area contributed by atoms with Gasteiger partial charge in [-0.05, 0) is 47.0 Å². The van der Waals surface area contributed by atoms with Crippen LogP contribution in [-0.2, 0) is 13.0 Å². The minimum Gasteiger partial charge on any atom is -0.493 e. The highest BCUT2D eigenvalue weighted by atomic mass is 16.5. The van der Waals surface area contributed by atoms with Crippen LogP contribution in [0, 0.1) is 0 Å². The second-order valence-electron chi connectivity index (χ2n) is 5.45. The van der Waals surface area contributed by atoms with E-state index in [0.29, 0.717) is 13.2 Å². The number of rotatable bonds is 6. The molecule has 3 aromatic carbocycles. The molecule has 3 aromatic rings. The van der Waals surface area contributed by atoms with Gasteiger partial charge in [0.15, 0.2) is 11.5 Å². The lowest BCUT2D eigenvalue weighted by Crippen LogP contribution is -2.04. The quantitative estimate of drug-likeness (QED) is 0.750. The molecule has 0 amide bonds. The topological polar surface area (TPSA) is 44.5 Å². The number of fused-ring (bicyclic) bond motifs is 1. The number of hydrogen-bond acceptors (Lipinski definition) is 3. The molecule has 0 bridgehead atoms. The fourth-order valence-electron chi connectivity index (χ4n) is 2.73. The van der Waals surface area contributed by atoms with Crippen molar-refractivity contribution in [3.63, 3.8) is 0 Å². The lowest BCUT2D eigenvalue weighted by atomic mass is 10.1. The van der Waals surface area contributed by atoms with Gasteiger partial charge in [-0.1, -0.05) is 48.5 Å². The van der Waals surface area contributed by atoms with E-state index in [4.69, 9.17) is 15.2 Å². The zero-order valence-corrected chi connectivity index (χ0v) is 13.3. The molecule has 0 radical (unpaired) electrons. The Balaban J connectivity index is 1.85. The maximum Gasteiger partial charge on any atom is 0.161 e. The van der Waals surface area contributed by atoms with Gasteiger partial charge in [0.25, 0.3) is 0 Å². The first kappa shape index (κ1) is 15.4. The SMILES string of the molecule is COc1ccc(CCN)cc1OCc1cccc2ccccc12. The van der Waals surface area contributed by atoms with Crippen molar-refractivity contribution in [1.29, 1.82) is 0 Å². The summed E-state index contributed by atoms with van der Waals surface area (Å²) < 4.78 is 11.4. The minimum absolute atomic E-state index is 0.504. The summed E-state index contributed by atoms with van der Waals surface area (Å²) in [4.78, 5) is 0. The first-order chi connectivity index (χ1) is 11.3. The summed E-state index contributed by atoms with van der Waals surface area (Å²) in [5.41, 5.74) is 7.95. The van der Waals surface area contributed by atoms with Crippen molar-refractivity contribution in [2.24, 2.45) is 5.73 Å². The Kier molecular flexibility index (Phi) is 4.79. The molecule has 118 valence electrons. The zero-order valence-electron chi connectivity index (χ0n) is 13.3. The molecular weight excluding hydrogens is 286 g/mol. The Morgan fingerprint density at radius 1 is 0.913 bits per heavy atom. The number of methoxy groups -OCH3 is 1. The fraction of sp³-hybridized carbons (Fsp3) is 0.200. The van der Waals surface area contributed by atoms with Gasteiger partial charge in [-0.3, -0.25) is 0 Å². The average molecular weight is 307 g/mol. The first-order valence-corrected chi connectivity index (χ1v) is 7.78. The van der Waals surface area contributed by atoms with E-state index in [1.54, 1.807) is 7.11 Å². The Bertz CT molecular complexity index is 793. The summed E-state index contributed by atoms with van der Waals surface area (Å²) in [5.74, 6) is 1.50. The largest absolute Gasteiger partial charge is 0.493 e. The molecular formula is C20H21NO2. The van der Waals surface area contributed by atoms with Gasteiger partial charge in [0.05, 0.1) is 7.11 Å². The predicted molar refractivity (Wildman–Crippen MR) is 94.0 cm³/mol. The Morgan fingerprint density at radius 3 is 2.57 bits per heavy atom. The molecule has 3 nitrogen and oxygen atoms in total. The van der Waals surface area contributed by atoms with Crippen molar-refractivity contribution >= 4 is 10.8 Å². The van der Waals surface area contributed by atoms with Crippen LogP contribution in [0.15, 0.2) is 60.7 Å². The van der Waals surface area contributed by atoms with E-state index in [1.165, 1.54) is 10.8 Å². The van der Waals surface area contributed by atoms with E-state index in [0.717, 1.165) is 29.0 Å². The lowest BCUT2D eigenvalue weighted by molar-refractivity contribution is 0.285. The molecule has 0 aromatic heterocycles. The van der Waals surface area contributed by atoms with Crippen molar-refractivity contribution < 1.29 is 9.47 Å². The second-order valence-corrected chi connectivity index (χ2v) is 5.45. The summed E-state index contributed by atoms with van der Waals surface area (Å²) in [6, 6.07) is 20.6. The molecule has 0 fully saturated rings. The molecule has 3 rings (SSSR count). The molecule has 0 unspecified atom stereocenters. The minimum atomic E-state index is 0.504. The van der Waals surface area contributed by atoms with E-state index in [1.807, 2.05) is 30.3 Å². The smallest absolute Gasteiger partial charge is 0.161 e. The molecule has 0 aliphatic heterocycles. The molecule has 0 spiro atoms. The van der Waals surface area contributed by atoms with Gasteiger partial charge in [0, 0.05) is 0 Å². The Hall–Kier alpha value is -2.52. The van der Waals surface area contributed by atoms with Crippen LogP contribution in [0.2, 0.25) is 0 Å². The van der Waals surface area contributed by atoms with Crippen LogP contribution in [0.4, 0.5) is 0 Å². The number of benzene rings is 3. The van der Waals surface area contributed by atoms with Gasteiger partial charge in [0.2, 0.25) is 0 Å². The molecule has 3 heteroatoms. The van der Waals surface area contributed by atoms with Crippen molar-refractivity contribution in [2.75, 3.05) is 13.7 Å². The van der Waals surface area contributed by atoms with Crippen molar-refractivity contribution in [3.05, 3.63) is 71.8 Å². The predicted octanol–water partition coefficient (Wildman–Crippen LogP) is 3.93. The molecule has 0 saturated heterocycles. The molecule has 0 atom stereocenters. The molecule has 0 aliphatic rings. The van der Waals surface area contributed by atoms with E-state index in [-0.39, 0.29) is 0 Å². The normalized spacial score (nSPS) is 10.7. The summed E-state index contributed by atoms with van der Waals surface area (Å²) >= 11 is 0. The molecule has 23 heavy (non-hydrogen) atoms. The van der Waals surface area contributed by atoms with Crippen LogP contribution in [-0.4, -0.2) is 13.7 Å². The van der Waals surface area contributed by atoms with Crippen molar-refractivity contribution in [2.45, 2.75) is 13.0 Å². The monoisotopic (exact) mass is 307 g/mol. The summed E-state index contributed by atoms with van der Waals surface area (Å²) in [6.07, 6.45) is 0.828. The third-order valence-corrected chi connectivity index (χ3v) is 3.92. The number of nitrogens with two attached hydrogens (primary N) is 1. The van der Waals surface area contributed by atoms with Gasteiger partial charge >= 0.3 is 0 Å². The molecule has 0 aliphatic carbocycles. The van der Waals surface area contributed by atoms with Crippen LogP contribution in [0.3, 0.4) is 0 Å². The highest BCUT2D eigenvalue weighted by Gasteiger charge is 2.07. The molecule has 2 N–H and O–H groups in total. The Morgan fingerprint density at radius 2 is 1.74 bits per heavy atom. The highest BCUT2D eigenvalue weighted by Crippen LogP contribution is 2.30. The van der Waals surface area contributed by atoms with E-state index >= 15 is 0 Å². The third kappa shape index (κ3) is 3.46. The highest BCUT2D eigenvalue weighted by molar-refractivity contribution is 5.85. The van der Waals surface area contributed by atoms with E-state index in [9.17, 15) is 0 Å². The third-order valence-electron chi connectivity index (χ3n) is 3.92. The van der Waals surface area contributed by atoms with Crippen LogP contribution < -0.4 is 15.2 Å².